The average Bonchev–Trinajstić information content (AvgIpc) is 3.26. The van der Waals surface area contributed by atoms with E-state index in [1.54, 1.807) is 13.3 Å². The van der Waals surface area contributed by atoms with E-state index in [1.807, 2.05) is 49.6 Å². The highest BCUT2D eigenvalue weighted by Crippen LogP contribution is 2.38. The summed E-state index contributed by atoms with van der Waals surface area (Å²) in [6.45, 7) is 8.29. The first-order chi connectivity index (χ1) is 16.7. The van der Waals surface area contributed by atoms with Crippen molar-refractivity contribution >= 4 is 22.8 Å². The molecule has 0 aliphatic heterocycles. The minimum atomic E-state index is -0.384. The first-order valence-corrected chi connectivity index (χ1v) is 12.6. The number of nitriles is 1. The number of hydrogen-bond donors (Lipinski definition) is 1. The van der Waals surface area contributed by atoms with E-state index in [0.29, 0.717) is 22.8 Å². The predicted molar refractivity (Wildman–Crippen MR) is 138 cm³/mol. The van der Waals surface area contributed by atoms with Crippen LogP contribution in [0.25, 0.3) is 11.0 Å². The smallest absolute Gasteiger partial charge is 0.189 e. The fourth-order valence-corrected chi connectivity index (χ4v) is 4.30. The Kier molecular flexibility index (Phi) is 6.99. The van der Waals surface area contributed by atoms with E-state index in [0.717, 1.165) is 39.3 Å². The summed E-state index contributed by atoms with van der Waals surface area (Å²) in [5, 5.41) is 18.7. The predicted octanol–water partition coefficient (Wildman–Crippen LogP) is 5.92. The number of aromatic amines is 1. The number of methoxy groups -OCH3 is 1. The lowest BCUT2D eigenvalue weighted by Crippen LogP contribution is -2.18. The van der Waals surface area contributed by atoms with Crippen molar-refractivity contribution in [1.82, 2.24) is 20.2 Å². The maximum absolute atomic E-state index is 9.60. The Morgan fingerprint density at radius 2 is 1.91 bits per heavy atom. The molecule has 2 aromatic carbocycles. The Hall–Kier alpha value is -3.57. The Labute approximate surface area is 209 Å². The summed E-state index contributed by atoms with van der Waals surface area (Å²) in [6.07, 6.45) is 3.94. The molecule has 2 heterocycles. The maximum atomic E-state index is 9.60. The van der Waals surface area contributed by atoms with Gasteiger partial charge in [0.1, 0.15) is 17.6 Å². The van der Waals surface area contributed by atoms with Crippen molar-refractivity contribution in [1.29, 1.82) is 5.26 Å². The Balaban J connectivity index is 1.81. The summed E-state index contributed by atoms with van der Waals surface area (Å²) < 4.78 is 12.1. The normalized spacial score (nSPS) is 12.4. The number of H-pyrrole nitrogens is 1. The van der Waals surface area contributed by atoms with Gasteiger partial charge in [-0.25, -0.2) is 9.97 Å². The van der Waals surface area contributed by atoms with Gasteiger partial charge in [-0.2, -0.15) is 10.4 Å². The van der Waals surface area contributed by atoms with Crippen LogP contribution in [0.4, 0.5) is 0 Å². The van der Waals surface area contributed by atoms with Crippen LogP contribution in [0, 0.1) is 18.3 Å². The van der Waals surface area contributed by atoms with Crippen LogP contribution in [0.1, 0.15) is 54.8 Å². The number of benzene rings is 2. The van der Waals surface area contributed by atoms with Crippen LogP contribution in [-0.4, -0.2) is 33.5 Å². The van der Waals surface area contributed by atoms with Crippen LogP contribution in [0.2, 0.25) is 0 Å². The first kappa shape index (κ1) is 24.6. The van der Waals surface area contributed by atoms with Gasteiger partial charge in [-0.05, 0) is 54.0 Å². The van der Waals surface area contributed by atoms with Crippen molar-refractivity contribution in [3.63, 3.8) is 0 Å². The molecule has 0 spiro atoms. The number of nitrogens with zero attached hydrogens (tertiary/aromatic N) is 4. The summed E-state index contributed by atoms with van der Waals surface area (Å²) in [7, 11) is 1.65. The van der Waals surface area contributed by atoms with Gasteiger partial charge in [0.2, 0.25) is 0 Å². The van der Waals surface area contributed by atoms with E-state index in [9.17, 15) is 5.26 Å². The lowest BCUT2D eigenvalue weighted by Gasteiger charge is -2.27. The van der Waals surface area contributed by atoms with Crippen molar-refractivity contribution in [3.8, 4) is 17.6 Å². The van der Waals surface area contributed by atoms with Crippen LogP contribution < -0.4 is 9.47 Å². The molecule has 0 amide bonds. The molecule has 2 aromatic heterocycles. The molecule has 7 nitrogen and oxygen atoms in total. The molecule has 0 radical (unpaired) electrons. The number of aromatic nitrogens is 4. The fraction of sp³-hybridized carbons (Fsp3) is 0.333. The Morgan fingerprint density at radius 3 is 2.54 bits per heavy atom. The van der Waals surface area contributed by atoms with Crippen molar-refractivity contribution in [2.24, 2.45) is 0 Å². The van der Waals surface area contributed by atoms with Crippen LogP contribution in [0.15, 0.2) is 47.8 Å². The number of thioether (sulfide) groups is 1. The number of fused-ring (bicyclic) bond motifs is 1. The van der Waals surface area contributed by atoms with E-state index < -0.39 is 0 Å². The van der Waals surface area contributed by atoms with Crippen LogP contribution in [0.5, 0.6) is 11.5 Å². The van der Waals surface area contributed by atoms with Gasteiger partial charge in [-0.15, -0.1) is 0 Å². The molecule has 0 fully saturated rings. The van der Waals surface area contributed by atoms with E-state index in [-0.39, 0.29) is 11.5 Å². The van der Waals surface area contributed by atoms with Crippen LogP contribution >= 0.6 is 11.8 Å². The lowest BCUT2D eigenvalue weighted by molar-refractivity contribution is 0.198. The van der Waals surface area contributed by atoms with Gasteiger partial charge in [-0.3, -0.25) is 5.10 Å². The zero-order chi connectivity index (χ0) is 25.2. The zero-order valence-corrected chi connectivity index (χ0v) is 21.7. The molecule has 1 N–H and O–H groups in total. The van der Waals surface area contributed by atoms with E-state index in [4.69, 9.17) is 9.47 Å². The highest BCUT2D eigenvalue weighted by atomic mass is 32.2. The van der Waals surface area contributed by atoms with Gasteiger partial charge in [0.15, 0.2) is 10.8 Å². The Bertz CT molecular complexity index is 1380. The molecular weight excluding hydrogens is 458 g/mol. The lowest BCUT2D eigenvalue weighted by atomic mass is 9.84. The topological polar surface area (TPSA) is 96.7 Å². The highest BCUT2D eigenvalue weighted by molar-refractivity contribution is 7.98. The van der Waals surface area contributed by atoms with Gasteiger partial charge >= 0.3 is 0 Å². The fourth-order valence-electron chi connectivity index (χ4n) is 3.97. The van der Waals surface area contributed by atoms with Gasteiger partial charge in [0.25, 0.3) is 0 Å². The second kappa shape index (κ2) is 9.96. The standard InChI is InChI=1S/C27H29N5O2S/c1-16-11-22(21(27(2,3)4)13-18(16)14-28)34-23(12-17-7-9-19(33-5)10-8-17)24-20-15-29-26(35-6)30-25(20)32-31-24/h7-11,13,15,23H,12H2,1-6H3,(H,29,30,31,32). The monoisotopic (exact) mass is 487 g/mol. The summed E-state index contributed by atoms with van der Waals surface area (Å²) >= 11 is 1.47. The first-order valence-electron chi connectivity index (χ1n) is 11.3. The third-order valence-electron chi connectivity index (χ3n) is 5.93. The van der Waals surface area contributed by atoms with Crippen LogP contribution in [-0.2, 0) is 11.8 Å². The molecule has 0 saturated carbocycles. The molecule has 0 aliphatic carbocycles. The van der Waals surface area contributed by atoms with Gasteiger partial charge in [0, 0.05) is 18.2 Å². The third-order valence-corrected chi connectivity index (χ3v) is 6.49. The summed E-state index contributed by atoms with van der Waals surface area (Å²) in [5.41, 5.74) is 4.79. The number of aryl methyl sites for hydroxylation is 1. The van der Waals surface area contributed by atoms with Crippen molar-refractivity contribution in [3.05, 3.63) is 70.5 Å². The zero-order valence-electron chi connectivity index (χ0n) is 20.8. The van der Waals surface area contributed by atoms with Crippen molar-refractivity contribution in [2.75, 3.05) is 13.4 Å². The average molecular weight is 488 g/mol. The minimum Gasteiger partial charge on any atom is -0.497 e. The molecule has 0 aliphatic rings. The van der Waals surface area contributed by atoms with Gasteiger partial charge in [0.05, 0.1) is 29.8 Å². The number of rotatable bonds is 7. The second-order valence-corrected chi connectivity index (χ2v) is 10.2. The summed E-state index contributed by atoms with van der Waals surface area (Å²) in [5.74, 6) is 1.55. The number of nitrogens with one attached hydrogen (secondary N) is 1. The molecule has 35 heavy (non-hydrogen) atoms. The van der Waals surface area contributed by atoms with Gasteiger partial charge in [-0.1, -0.05) is 44.7 Å². The summed E-state index contributed by atoms with van der Waals surface area (Å²) in [4.78, 5) is 8.98. The molecule has 4 aromatic rings. The molecule has 1 unspecified atom stereocenters. The maximum Gasteiger partial charge on any atom is 0.189 e. The largest absolute Gasteiger partial charge is 0.497 e. The molecule has 1 atom stereocenters. The van der Waals surface area contributed by atoms with Crippen LogP contribution in [0.3, 0.4) is 0 Å². The van der Waals surface area contributed by atoms with Crippen molar-refractivity contribution in [2.45, 2.75) is 50.8 Å². The third kappa shape index (κ3) is 5.25. The molecule has 180 valence electrons. The van der Waals surface area contributed by atoms with Crippen molar-refractivity contribution < 1.29 is 9.47 Å². The SMILES string of the molecule is COc1ccc(CC(Oc2cc(C)c(C#N)cc2C(C)(C)C)c2[nH]nc3nc(SC)ncc23)cc1. The van der Waals surface area contributed by atoms with E-state index >= 15 is 0 Å². The molecule has 4 rings (SSSR count). The molecular formula is C27H29N5O2S. The highest BCUT2D eigenvalue weighted by Gasteiger charge is 2.26. The molecule has 8 heteroatoms. The second-order valence-electron chi connectivity index (χ2n) is 9.42. The molecule has 0 bridgehead atoms. The van der Waals surface area contributed by atoms with E-state index in [2.05, 4.69) is 47.0 Å². The number of ether oxygens (including phenoxy) is 2. The molecule has 0 saturated heterocycles. The number of hydrogen-bond acceptors (Lipinski definition) is 7. The minimum absolute atomic E-state index is 0.217. The summed E-state index contributed by atoms with van der Waals surface area (Å²) in [6, 6.07) is 14.1. The van der Waals surface area contributed by atoms with E-state index in [1.165, 1.54) is 11.8 Å². The van der Waals surface area contributed by atoms with Gasteiger partial charge < -0.3 is 9.47 Å². The quantitative estimate of drug-likeness (QED) is 0.255. The Morgan fingerprint density at radius 1 is 1.17 bits per heavy atom.